The number of hydrogen-bond donors (Lipinski definition) is 5. The summed E-state index contributed by atoms with van der Waals surface area (Å²) in [6, 6.07) is 7.28. The average Bonchev–Trinajstić information content (AvgIpc) is 3.75. The molecule has 5 atom stereocenters. The van der Waals surface area contributed by atoms with E-state index in [-0.39, 0.29) is 24.7 Å². The van der Waals surface area contributed by atoms with E-state index in [1.165, 1.54) is 26.4 Å². The van der Waals surface area contributed by atoms with Crippen molar-refractivity contribution < 1.29 is 34.1 Å². The highest BCUT2D eigenvalue weighted by Gasteiger charge is 2.49. The fourth-order valence-corrected chi connectivity index (χ4v) is 7.04. The van der Waals surface area contributed by atoms with Crippen molar-refractivity contribution in [3.63, 3.8) is 0 Å². The molecule has 0 spiro atoms. The number of nitrogens with two attached hydrogens (primary N) is 2. The molecule has 0 bridgehead atoms. The second-order valence-electron chi connectivity index (χ2n) is 13.8. The number of carbonyl (C=O) groups is 4. The Kier molecular flexibility index (Phi) is 12.6. The number of hydrogen-bond acceptors (Lipinski definition) is 8. The standard InChI is InChI=1S/C35H51N5O7/c1-35(2,29(33(37)45)28(41)15-9-14-22-10-5-3-6-11-22)47-34(46)40(27(32(36)44)19-25-20-38-21-39-25)26(18-23-12-7-4-8-13-23)31(43)30(42)24-16-17-24/h3,5-6,10-11,20-21,23-24,26-27,29-31,42-43H,4,7-9,12-19H2,1-2H3,(H2,36,44)(H2,37,45)(H,38,39)/t26-,27?,29?,30-,31+/m0/s1. The van der Waals surface area contributed by atoms with E-state index in [9.17, 15) is 29.4 Å². The van der Waals surface area contributed by atoms with Gasteiger partial charge in [-0.05, 0) is 63.4 Å². The number of carbonyl (C=O) groups excluding carboxylic acids is 4. The molecule has 1 heterocycles. The second-order valence-corrected chi connectivity index (χ2v) is 13.8. The zero-order valence-corrected chi connectivity index (χ0v) is 27.6. The lowest BCUT2D eigenvalue weighted by Gasteiger charge is -2.43. The van der Waals surface area contributed by atoms with Gasteiger partial charge in [-0.25, -0.2) is 9.78 Å². The predicted octanol–water partition coefficient (Wildman–Crippen LogP) is 3.19. The summed E-state index contributed by atoms with van der Waals surface area (Å²) in [7, 11) is 0. The van der Waals surface area contributed by atoms with Crippen molar-refractivity contribution in [2.75, 3.05) is 0 Å². The molecule has 2 aromatic rings. The van der Waals surface area contributed by atoms with E-state index in [1.807, 2.05) is 30.3 Å². The first-order valence-electron chi connectivity index (χ1n) is 16.9. The van der Waals surface area contributed by atoms with Crippen LogP contribution in [0, 0.1) is 17.8 Å². The number of ketones is 1. The van der Waals surface area contributed by atoms with Crippen LogP contribution in [0.4, 0.5) is 4.79 Å². The Morgan fingerprint density at radius 2 is 1.70 bits per heavy atom. The van der Waals surface area contributed by atoms with E-state index in [1.54, 1.807) is 0 Å². The number of aromatic amines is 1. The lowest BCUT2D eigenvalue weighted by molar-refractivity contribution is -0.144. The number of H-pyrrole nitrogens is 1. The number of aryl methyl sites for hydroxylation is 1. The molecule has 0 aliphatic heterocycles. The normalized spacial score (nSPS) is 18.8. The number of ether oxygens (including phenoxy) is 1. The van der Waals surface area contributed by atoms with Crippen molar-refractivity contribution in [3.05, 3.63) is 54.1 Å². The summed E-state index contributed by atoms with van der Waals surface area (Å²) in [6.07, 6.45) is 7.06. The van der Waals surface area contributed by atoms with Crippen LogP contribution in [-0.2, 0) is 32.0 Å². The highest BCUT2D eigenvalue weighted by molar-refractivity contribution is 6.02. The molecule has 2 unspecified atom stereocenters. The van der Waals surface area contributed by atoms with Gasteiger partial charge in [0, 0.05) is 24.7 Å². The van der Waals surface area contributed by atoms with E-state index in [0.717, 1.165) is 55.4 Å². The van der Waals surface area contributed by atoms with Crippen molar-refractivity contribution in [2.45, 2.75) is 121 Å². The van der Waals surface area contributed by atoms with Crippen LogP contribution in [0.2, 0.25) is 0 Å². The van der Waals surface area contributed by atoms with Crippen LogP contribution in [0.3, 0.4) is 0 Å². The quantitative estimate of drug-likeness (QED) is 0.151. The molecule has 0 saturated heterocycles. The highest BCUT2D eigenvalue weighted by atomic mass is 16.6. The Hall–Kier alpha value is -3.77. The molecule has 2 aliphatic rings. The fourth-order valence-electron chi connectivity index (χ4n) is 7.04. The number of rotatable bonds is 18. The molecule has 258 valence electrons. The summed E-state index contributed by atoms with van der Waals surface area (Å²) >= 11 is 0. The lowest BCUT2D eigenvalue weighted by Crippen LogP contribution is -2.61. The molecular formula is C35H51N5O7. The summed E-state index contributed by atoms with van der Waals surface area (Å²) in [4.78, 5) is 61.8. The second kappa shape index (κ2) is 16.4. The van der Waals surface area contributed by atoms with E-state index in [0.29, 0.717) is 25.0 Å². The smallest absolute Gasteiger partial charge is 0.411 e. The van der Waals surface area contributed by atoms with E-state index in [2.05, 4.69) is 9.97 Å². The molecule has 1 aromatic heterocycles. The molecule has 3 amide bonds. The van der Waals surface area contributed by atoms with Gasteiger partial charge in [0.25, 0.3) is 0 Å². The Morgan fingerprint density at radius 3 is 2.28 bits per heavy atom. The van der Waals surface area contributed by atoms with Crippen LogP contribution in [-0.4, -0.2) is 78.7 Å². The topological polar surface area (TPSA) is 202 Å². The van der Waals surface area contributed by atoms with Crippen LogP contribution >= 0.6 is 0 Å². The molecule has 0 radical (unpaired) electrons. The number of nitrogens with zero attached hydrogens (tertiary/aromatic N) is 2. The van der Waals surface area contributed by atoms with E-state index < -0.39 is 59.5 Å². The Bertz CT molecular complexity index is 1330. The molecule has 12 nitrogen and oxygen atoms in total. The van der Waals surface area contributed by atoms with Gasteiger partial charge in [-0.15, -0.1) is 0 Å². The average molecular weight is 654 g/mol. The van der Waals surface area contributed by atoms with Gasteiger partial charge in [0.1, 0.15) is 29.4 Å². The minimum absolute atomic E-state index is 0.0352. The number of benzene rings is 1. The Balaban J connectivity index is 1.63. The Labute approximate surface area is 276 Å². The summed E-state index contributed by atoms with van der Waals surface area (Å²) in [5, 5.41) is 22.8. The molecule has 2 aliphatic carbocycles. The van der Waals surface area contributed by atoms with Crippen LogP contribution < -0.4 is 11.5 Å². The molecule has 12 heteroatoms. The zero-order valence-electron chi connectivity index (χ0n) is 27.6. The van der Waals surface area contributed by atoms with Crippen molar-refractivity contribution >= 4 is 23.7 Å². The number of Topliss-reactive ketones (excluding diaryl/α,β-unsaturated/α-hetero) is 1. The maximum Gasteiger partial charge on any atom is 0.411 e. The number of imidazole rings is 1. The summed E-state index contributed by atoms with van der Waals surface area (Å²) in [5.41, 5.74) is 11.5. The van der Waals surface area contributed by atoms with Gasteiger partial charge >= 0.3 is 6.09 Å². The molecule has 1 aromatic carbocycles. The number of aromatic nitrogens is 2. The minimum Gasteiger partial charge on any atom is -0.442 e. The van der Waals surface area contributed by atoms with Gasteiger partial charge in [0.15, 0.2) is 0 Å². The minimum atomic E-state index is -1.71. The number of amides is 3. The van der Waals surface area contributed by atoms with Crippen LogP contribution in [0.25, 0.3) is 0 Å². The van der Waals surface area contributed by atoms with Gasteiger partial charge in [-0.1, -0.05) is 62.4 Å². The maximum absolute atomic E-state index is 14.4. The van der Waals surface area contributed by atoms with Gasteiger partial charge in [-0.2, -0.15) is 0 Å². The van der Waals surface area contributed by atoms with Crippen molar-refractivity contribution in [1.82, 2.24) is 14.9 Å². The number of primary amides is 2. The van der Waals surface area contributed by atoms with Crippen molar-refractivity contribution in [2.24, 2.45) is 29.2 Å². The third kappa shape index (κ3) is 9.87. The van der Waals surface area contributed by atoms with Crippen LogP contribution in [0.15, 0.2) is 42.9 Å². The SMILES string of the molecule is CC(C)(OC(=O)N(C(Cc1cnc[nH]1)C(N)=O)[C@@H](CC1CCCCC1)[C@@H](O)[C@@H](O)C1CC1)C(C(N)=O)C(=O)CCCc1ccccc1. The first-order valence-corrected chi connectivity index (χ1v) is 16.9. The predicted molar refractivity (Wildman–Crippen MR) is 174 cm³/mol. The summed E-state index contributed by atoms with van der Waals surface area (Å²) < 4.78 is 5.97. The number of aliphatic hydroxyl groups is 2. The lowest BCUT2D eigenvalue weighted by atomic mass is 9.81. The van der Waals surface area contributed by atoms with Crippen molar-refractivity contribution in [1.29, 1.82) is 0 Å². The van der Waals surface area contributed by atoms with E-state index >= 15 is 0 Å². The van der Waals surface area contributed by atoms with Crippen LogP contribution in [0.1, 0.15) is 89.3 Å². The molecule has 7 N–H and O–H groups in total. The summed E-state index contributed by atoms with van der Waals surface area (Å²) in [6.45, 7) is 2.88. The summed E-state index contributed by atoms with van der Waals surface area (Å²) in [5.74, 6) is -3.72. The van der Waals surface area contributed by atoms with Gasteiger partial charge < -0.3 is 31.4 Å². The van der Waals surface area contributed by atoms with E-state index in [4.69, 9.17) is 16.2 Å². The van der Waals surface area contributed by atoms with Crippen molar-refractivity contribution in [3.8, 4) is 0 Å². The highest BCUT2D eigenvalue weighted by Crippen LogP contribution is 2.38. The van der Waals surface area contributed by atoms with Crippen LogP contribution in [0.5, 0.6) is 0 Å². The van der Waals surface area contributed by atoms with Gasteiger partial charge in [-0.3, -0.25) is 19.3 Å². The number of aliphatic hydroxyl groups excluding tert-OH is 2. The zero-order chi connectivity index (χ0) is 34.1. The third-order valence-corrected chi connectivity index (χ3v) is 9.73. The third-order valence-electron chi connectivity index (χ3n) is 9.73. The first kappa shape index (κ1) is 36.1. The largest absolute Gasteiger partial charge is 0.442 e. The van der Waals surface area contributed by atoms with Gasteiger partial charge in [0.05, 0.1) is 18.5 Å². The monoisotopic (exact) mass is 653 g/mol. The Morgan fingerprint density at radius 1 is 1.02 bits per heavy atom. The molecule has 2 saturated carbocycles. The molecule has 4 rings (SSSR count). The molecule has 2 fully saturated rings. The van der Waals surface area contributed by atoms with Gasteiger partial charge in [0.2, 0.25) is 11.8 Å². The first-order chi connectivity index (χ1) is 22.4. The maximum atomic E-state index is 14.4. The molecule has 47 heavy (non-hydrogen) atoms. The fraction of sp³-hybridized carbons (Fsp3) is 0.629. The number of nitrogens with one attached hydrogen (secondary N) is 1. The molecular weight excluding hydrogens is 602 g/mol.